The van der Waals surface area contributed by atoms with Crippen molar-refractivity contribution in [1.29, 1.82) is 5.41 Å². The Labute approximate surface area is 89.7 Å². The van der Waals surface area contributed by atoms with Crippen molar-refractivity contribution in [3.63, 3.8) is 0 Å². The fraction of sp³-hybridized carbons (Fsp3) is 0.800. The van der Waals surface area contributed by atoms with Crippen LogP contribution in [0.4, 0.5) is 4.79 Å². The van der Waals surface area contributed by atoms with E-state index >= 15 is 0 Å². The number of carbonyl (C=O) groups is 1. The molecule has 2 rings (SSSR count). The van der Waals surface area contributed by atoms with E-state index in [9.17, 15) is 4.79 Å². The van der Waals surface area contributed by atoms with Gasteiger partial charge >= 0.3 is 6.03 Å². The number of urea groups is 1. The Balaban J connectivity index is 2.02. The maximum Gasteiger partial charge on any atom is 0.320 e. The lowest BCUT2D eigenvalue weighted by Crippen LogP contribution is -2.48. The number of hydrogen-bond acceptors (Lipinski definition) is 2. The van der Waals surface area contributed by atoms with Gasteiger partial charge < -0.3 is 15.5 Å². The summed E-state index contributed by atoms with van der Waals surface area (Å²) in [5.74, 6) is 0.125. The predicted molar refractivity (Wildman–Crippen MR) is 57.8 cm³/mol. The van der Waals surface area contributed by atoms with Crippen LogP contribution in [0.3, 0.4) is 0 Å². The Kier molecular flexibility index (Phi) is 2.79. The van der Waals surface area contributed by atoms with Crippen LogP contribution in [-0.2, 0) is 0 Å². The van der Waals surface area contributed by atoms with E-state index in [0.717, 1.165) is 45.3 Å². The van der Waals surface area contributed by atoms with E-state index in [1.165, 1.54) is 0 Å². The van der Waals surface area contributed by atoms with Crippen molar-refractivity contribution in [2.75, 3.05) is 19.6 Å². The number of amides is 2. The first-order chi connectivity index (χ1) is 7.20. The fourth-order valence-electron chi connectivity index (χ4n) is 2.41. The molecule has 2 amide bonds. The highest BCUT2D eigenvalue weighted by Gasteiger charge is 2.34. The van der Waals surface area contributed by atoms with Gasteiger partial charge in [-0.25, -0.2) is 4.79 Å². The molecule has 2 aliphatic heterocycles. The van der Waals surface area contributed by atoms with Crippen molar-refractivity contribution in [1.82, 2.24) is 9.80 Å². The number of rotatable bonds is 1. The minimum atomic E-state index is -0.155. The Hall–Kier alpha value is -1.26. The van der Waals surface area contributed by atoms with E-state index in [0.29, 0.717) is 0 Å². The molecular formula is C10H18N4O. The van der Waals surface area contributed by atoms with Crippen LogP contribution in [0.15, 0.2) is 0 Å². The second-order valence-electron chi connectivity index (χ2n) is 4.28. The van der Waals surface area contributed by atoms with Crippen LogP contribution >= 0.6 is 0 Å². The number of carbonyl (C=O) groups excluding carboxylic acids is 1. The van der Waals surface area contributed by atoms with Crippen molar-refractivity contribution in [2.45, 2.75) is 31.7 Å². The quantitative estimate of drug-likeness (QED) is 0.491. The molecule has 1 atom stereocenters. The third-order valence-corrected chi connectivity index (χ3v) is 3.23. The molecule has 15 heavy (non-hydrogen) atoms. The van der Waals surface area contributed by atoms with Gasteiger partial charge in [-0.1, -0.05) is 0 Å². The Bertz CT molecular complexity index is 273. The summed E-state index contributed by atoms with van der Waals surface area (Å²) in [4.78, 5) is 15.7. The molecule has 1 unspecified atom stereocenters. The smallest absolute Gasteiger partial charge is 0.320 e. The zero-order valence-electron chi connectivity index (χ0n) is 8.91. The van der Waals surface area contributed by atoms with Gasteiger partial charge in [0.1, 0.15) is 5.84 Å². The molecular weight excluding hydrogens is 192 g/mol. The lowest BCUT2D eigenvalue weighted by Gasteiger charge is -2.28. The third-order valence-electron chi connectivity index (χ3n) is 3.23. The predicted octanol–water partition coefficient (Wildman–Crippen LogP) is 0.603. The molecule has 2 saturated heterocycles. The molecule has 0 aromatic rings. The van der Waals surface area contributed by atoms with Gasteiger partial charge in [0, 0.05) is 19.6 Å². The minimum absolute atomic E-state index is 0.0743. The molecule has 0 radical (unpaired) electrons. The van der Waals surface area contributed by atoms with Crippen molar-refractivity contribution >= 4 is 11.9 Å². The van der Waals surface area contributed by atoms with E-state index in [2.05, 4.69) is 0 Å². The highest BCUT2D eigenvalue weighted by Crippen LogP contribution is 2.20. The highest BCUT2D eigenvalue weighted by molar-refractivity contribution is 5.88. The summed E-state index contributed by atoms with van der Waals surface area (Å²) in [5, 5.41) is 7.45. The SMILES string of the molecule is N=C(N)C1CCCN1C(=O)N1CCCC1. The average Bonchev–Trinajstić information content (AvgIpc) is 2.88. The van der Waals surface area contributed by atoms with Crippen LogP contribution in [0, 0.1) is 5.41 Å². The van der Waals surface area contributed by atoms with E-state index in [1.54, 1.807) is 4.90 Å². The van der Waals surface area contributed by atoms with Gasteiger partial charge in [-0.15, -0.1) is 0 Å². The monoisotopic (exact) mass is 210 g/mol. The van der Waals surface area contributed by atoms with Crippen molar-refractivity contribution in [3.8, 4) is 0 Å². The van der Waals surface area contributed by atoms with Gasteiger partial charge in [-0.3, -0.25) is 5.41 Å². The first-order valence-electron chi connectivity index (χ1n) is 5.59. The van der Waals surface area contributed by atoms with Gasteiger partial charge in [0.2, 0.25) is 0 Å². The molecule has 0 aromatic carbocycles. The topological polar surface area (TPSA) is 73.4 Å². The zero-order chi connectivity index (χ0) is 10.8. The van der Waals surface area contributed by atoms with E-state index in [1.807, 2.05) is 4.90 Å². The van der Waals surface area contributed by atoms with Gasteiger partial charge in [0.15, 0.2) is 0 Å². The maximum absolute atomic E-state index is 12.1. The second-order valence-corrected chi connectivity index (χ2v) is 4.28. The minimum Gasteiger partial charge on any atom is -0.386 e. The van der Waals surface area contributed by atoms with Crippen molar-refractivity contribution < 1.29 is 4.79 Å². The molecule has 0 aromatic heterocycles. The van der Waals surface area contributed by atoms with Crippen LogP contribution in [-0.4, -0.2) is 47.3 Å². The Morgan fingerprint density at radius 1 is 1.20 bits per heavy atom. The number of amidine groups is 1. The summed E-state index contributed by atoms with van der Waals surface area (Å²) in [5.41, 5.74) is 5.50. The highest BCUT2D eigenvalue weighted by atomic mass is 16.2. The maximum atomic E-state index is 12.1. The van der Waals surface area contributed by atoms with Crippen LogP contribution in [0.25, 0.3) is 0 Å². The first kappa shape index (κ1) is 10.3. The molecule has 0 aliphatic carbocycles. The second kappa shape index (κ2) is 4.08. The van der Waals surface area contributed by atoms with Gasteiger partial charge in [-0.2, -0.15) is 0 Å². The number of hydrogen-bond donors (Lipinski definition) is 2. The summed E-state index contributed by atoms with van der Waals surface area (Å²) >= 11 is 0. The van der Waals surface area contributed by atoms with Gasteiger partial charge in [0.05, 0.1) is 6.04 Å². The number of nitrogens with zero attached hydrogens (tertiary/aromatic N) is 2. The Morgan fingerprint density at radius 3 is 2.47 bits per heavy atom. The van der Waals surface area contributed by atoms with Crippen molar-refractivity contribution in [2.24, 2.45) is 5.73 Å². The van der Waals surface area contributed by atoms with E-state index in [4.69, 9.17) is 11.1 Å². The van der Waals surface area contributed by atoms with E-state index in [-0.39, 0.29) is 17.9 Å². The normalized spacial score (nSPS) is 26.0. The first-order valence-corrected chi connectivity index (χ1v) is 5.59. The molecule has 3 N–H and O–H groups in total. The third kappa shape index (κ3) is 1.91. The summed E-state index contributed by atoms with van der Waals surface area (Å²) < 4.78 is 0. The van der Waals surface area contributed by atoms with Crippen molar-refractivity contribution in [3.05, 3.63) is 0 Å². The standard InChI is InChI=1S/C10H18N4O/c11-9(12)8-4-3-7-14(8)10(15)13-5-1-2-6-13/h8H,1-7H2,(H3,11,12). The van der Waals surface area contributed by atoms with Gasteiger partial charge in [0.25, 0.3) is 0 Å². The number of nitrogens with two attached hydrogens (primary N) is 1. The lowest BCUT2D eigenvalue weighted by molar-refractivity contribution is 0.166. The van der Waals surface area contributed by atoms with Crippen LogP contribution in [0.5, 0.6) is 0 Å². The lowest BCUT2D eigenvalue weighted by atomic mass is 10.2. The number of likely N-dealkylation sites (tertiary alicyclic amines) is 2. The summed E-state index contributed by atoms with van der Waals surface area (Å²) in [6, 6.07) is -0.0803. The molecule has 0 saturated carbocycles. The largest absolute Gasteiger partial charge is 0.386 e. The van der Waals surface area contributed by atoms with Crippen LogP contribution in [0.1, 0.15) is 25.7 Å². The number of nitrogens with one attached hydrogen (secondary N) is 1. The Morgan fingerprint density at radius 2 is 1.87 bits per heavy atom. The molecule has 5 nitrogen and oxygen atoms in total. The molecule has 5 heteroatoms. The van der Waals surface area contributed by atoms with Crippen LogP contribution in [0.2, 0.25) is 0 Å². The molecule has 0 spiro atoms. The summed E-state index contributed by atoms with van der Waals surface area (Å²) in [6.45, 7) is 2.47. The molecule has 2 heterocycles. The fourth-order valence-corrected chi connectivity index (χ4v) is 2.41. The molecule has 84 valence electrons. The molecule has 2 fully saturated rings. The average molecular weight is 210 g/mol. The molecule has 2 aliphatic rings. The summed E-state index contributed by atoms with van der Waals surface area (Å²) in [7, 11) is 0. The van der Waals surface area contributed by atoms with E-state index < -0.39 is 0 Å². The molecule has 0 bridgehead atoms. The summed E-state index contributed by atoms with van der Waals surface area (Å²) in [6.07, 6.45) is 4.01. The zero-order valence-corrected chi connectivity index (χ0v) is 8.91. The van der Waals surface area contributed by atoms with Crippen LogP contribution < -0.4 is 5.73 Å². The van der Waals surface area contributed by atoms with Gasteiger partial charge in [-0.05, 0) is 25.7 Å².